The largest absolute Gasteiger partial charge is 0.508 e. The zero-order valence-corrected chi connectivity index (χ0v) is 20.0. The van der Waals surface area contributed by atoms with Gasteiger partial charge in [-0.15, -0.1) is 0 Å². The van der Waals surface area contributed by atoms with Crippen LogP contribution in [0.2, 0.25) is 0 Å². The van der Waals surface area contributed by atoms with E-state index >= 15 is 0 Å². The molecule has 2 saturated carbocycles. The summed E-state index contributed by atoms with van der Waals surface area (Å²) in [5, 5.41) is 21.0. The molecule has 2 aliphatic heterocycles. The Morgan fingerprint density at radius 1 is 1.06 bits per heavy atom. The standard InChI is InChI=1S/C29H32O4/c1-15(2)6-7-16-12-19-23(14-21(16)31)32-22-13-17(30)8-9-18(22)27-24(19)26-25-20(28(26,3)4)10-11-29(25,5)33-27/h6,8-9,12-14,20,25-26,30-31H,7,10-11H2,1-5H3/t20-,25+,26+,29+/m1/s1. The predicted molar refractivity (Wildman–Crippen MR) is 129 cm³/mol. The fourth-order valence-corrected chi connectivity index (χ4v) is 7.09. The van der Waals surface area contributed by atoms with Crippen LogP contribution in [0, 0.1) is 23.2 Å². The van der Waals surface area contributed by atoms with E-state index in [1.807, 2.05) is 6.07 Å². The van der Waals surface area contributed by atoms with Gasteiger partial charge in [0.1, 0.15) is 34.4 Å². The average Bonchev–Trinajstić information content (AvgIpc) is 3.02. The van der Waals surface area contributed by atoms with E-state index in [0.29, 0.717) is 35.7 Å². The van der Waals surface area contributed by atoms with Gasteiger partial charge in [-0.05, 0) is 75.1 Å². The van der Waals surface area contributed by atoms with Crippen molar-refractivity contribution in [3.63, 3.8) is 0 Å². The Bertz CT molecular complexity index is 1250. The Morgan fingerprint density at radius 2 is 1.82 bits per heavy atom. The monoisotopic (exact) mass is 444 g/mol. The van der Waals surface area contributed by atoms with Crippen molar-refractivity contribution in [1.29, 1.82) is 0 Å². The van der Waals surface area contributed by atoms with E-state index < -0.39 is 0 Å². The molecule has 4 heteroatoms. The molecule has 0 saturated heterocycles. The van der Waals surface area contributed by atoms with Crippen molar-refractivity contribution >= 4 is 11.3 Å². The van der Waals surface area contributed by atoms with Gasteiger partial charge in [0.05, 0.1) is 5.56 Å². The Balaban J connectivity index is 1.63. The van der Waals surface area contributed by atoms with Gasteiger partial charge in [-0.1, -0.05) is 25.5 Å². The van der Waals surface area contributed by atoms with Crippen LogP contribution in [0.5, 0.6) is 23.0 Å². The highest BCUT2D eigenvalue weighted by Gasteiger charge is 2.70. The van der Waals surface area contributed by atoms with E-state index in [2.05, 4.69) is 46.8 Å². The zero-order valence-electron chi connectivity index (χ0n) is 20.0. The lowest BCUT2D eigenvalue weighted by Gasteiger charge is -2.62. The number of ether oxygens (including phenoxy) is 2. The molecule has 2 heterocycles. The van der Waals surface area contributed by atoms with E-state index in [9.17, 15) is 10.2 Å². The molecule has 0 bridgehead atoms. The maximum atomic E-state index is 10.8. The van der Waals surface area contributed by atoms with Gasteiger partial charge in [-0.3, -0.25) is 0 Å². The SMILES string of the molecule is CC(C)=CCc1cc2c(cc1O)Oc1cc(O)ccc1C1=C2[C@H]2[C@@H]3[C@@H](CC[C@]3(C)O1)C2(C)C. The fourth-order valence-electron chi connectivity index (χ4n) is 7.09. The smallest absolute Gasteiger partial charge is 0.142 e. The summed E-state index contributed by atoms with van der Waals surface area (Å²) in [5.74, 6) is 3.91. The second kappa shape index (κ2) is 6.59. The number of aromatic hydroxyl groups is 2. The Labute approximate surface area is 195 Å². The van der Waals surface area contributed by atoms with Gasteiger partial charge in [0.25, 0.3) is 0 Å². The van der Waals surface area contributed by atoms with Gasteiger partial charge >= 0.3 is 0 Å². The molecular formula is C29H32O4. The molecule has 2 N–H and O–H groups in total. The molecule has 2 aromatic carbocycles. The number of phenolic OH excluding ortho intramolecular Hbond substituents is 2. The molecule has 6 rings (SSSR count). The summed E-state index contributed by atoms with van der Waals surface area (Å²) in [7, 11) is 0. The number of hydrogen-bond acceptors (Lipinski definition) is 4. The van der Waals surface area contributed by atoms with Gasteiger partial charge in [-0.25, -0.2) is 0 Å². The van der Waals surface area contributed by atoms with Crippen LogP contribution in [-0.2, 0) is 11.2 Å². The third-order valence-electron chi connectivity index (χ3n) is 8.73. The maximum absolute atomic E-state index is 10.8. The first-order valence-electron chi connectivity index (χ1n) is 12.0. The minimum Gasteiger partial charge on any atom is -0.508 e. The molecule has 0 aromatic heterocycles. The van der Waals surface area contributed by atoms with Gasteiger partial charge in [-0.2, -0.15) is 0 Å². The highest BCUT2D eigenvalue weighted by Crippen LogP contribution is 2.74. The summed E-state index contributed by atoms with van der Waals surface area (Å²) in [4.78, 5) is 0. The molecular weight excluding hydrogens is 412 g/mol. The summed E-state index contributed by atoms with van der Waals surface area (Å²) in [6, 6.07) is 9.07. The summed E-state index contributed by atoms with van der Waals surface area (Å²) in [6.07, 6.45) is 5.05. The second-order valence-electron chi connectivity index (χ2n) is 11.4. The van der Waals surface area contributed by atoms with Crippen molar-refractivity contribution in [1.82, 2.24) is 0 Å². The van der Waals surface area contributed by atoms with Gasteiger partial charge in [0, 0.05) is 35.1 Å². The van der Waals surface area contributed by atoms with E-state index in [4.69, 9.17) is 9.47 Å². The van der Waals surface area contributed by atoms with Crippen molar-refractivity contribution in [2.24, 2.45) is 23.2 Å². The van der Waals surface area contributed by atoms with Crippen LogP contribution in [0.4, 0.5) is 0 Å². The molecule has 4 atom stereocenters. The quantitative estimate of drug-likeness (QED) is 0.487. The molecule has 4 nitrogen and oxygen atoms in total. The number of rotatable bonds is 2. The van der Waals surface area contributed by atoms with Crippen molar-refractivity contribution in [2.75, 3.05) is 0 Å². The molecule has 172 valence electrons. The number of hydrogen-bond donors (Lipinski definition) is 2. The molecule has 0 spiro atoms. The number of phenols is 2. The maximum Gasteiger partial charge on any atom is 0.142 e. The van der Waals surface area contributed by atoms with E-state index in [1.165, 1.54) is 17.6 Å². The fraction of sp³-hybridized carbons (Fsp3) is 0.448. The van der Waals surface area contributed by atoms with Crippen LogP contribution >= 0.6 is 0 Å². The number of fused-ring (bicyclic) bond motifs is 5. The minimum atomic E-state index is -0.189. The van der Waals surface area contributed by atoms with Gasteiger partial charge in [0.15, 0.2) is 0 Å². The highest BCUT2D eigenvalue weighted by atomic mass is 16.5. The predicted octanol–water partition coefficient (Wildman–Crippen LogP) is 7.05. The van der Waals surface area contributed by atoms with Crippen molar-refractivity contribution in [3.05, 3.63) is 58.7 Å². The zero-order chi connectivity index (χ0) is 23.3. The van der Waals surface area contributed by atoms with E-state index in [0.717, 1.165) is 28.9 Å². The van der Waals surface area contributed by atoms with Gasteiger partial charge < -0.3 is 19.7 Å². The first kappa shape index (κ1) is 20.7. The number of benzene rings is 2. The van der Waals surface area contributed by atoms with Crippen LogP contribution in [0.15, 0.2) is 42.0 Å². The first-order chi connectivity index (χ1) is 15.6. The van der Waals surface area contributed by atoms with Crippen LogP contribution in [0.1, 0.15) is 64.2 Å². The lowest BCUT2D eigenvalue weighted by atomic mass is 9.44. The van der Waals surface area contributed by atoms with E-state index in [-0.39, 0.29) is 22.5 Å². The van der Waals surface area contributed by atoms with Crippen LogP contribution in [0.3, 0.4) is 0 Å². The minimum absolute atomic E-state index is 0.147. The highest BCUT2D eigenvalue weighted by molar-refractivity contribution is 5.96. The van der Waals surface area contributed by atoms with Crippen molar-refractivity contribution in [3.8, 4) is 23.0 Å². The Kier molecular flexibility index (Phi) is 4.13. The normalized spacial score (nSPS) is 29.9. The Morgan fingerprint density at radius 3 is 2.58 bits per heavy atom. The summed E-state index contributed by atoms with van der Waals surface area (Å²) in [6.45, 7) is 11.2. The molecule has 2 aromatic rings. The summed E-state index contributed by atoms with van der Waals surface area (Å²) in [5.41, 5.74) is 5.13. The topological polar surface area (TPSA) is 58.9 Å². The second-order valence-corrected chi connectivity index (χ2v) is 11.4. The molecule has 33 heavy (non-hydrogen) atoms. The third kappa shape index (κ3) is 2.76. The Hall–Kier alpha value is -2.88. The van der Waals surface area contributed by atoms with Crippen molar-refractivity contribution in [2.45, 2.75) is 59.5 Å². The third-order valence-corrected chi connectivity index (χ3v) is 8.73. The molecule has 0 unspecified atom stereocenters. The van der Waals surface area contributed by atoms with Crippen LogP contribution < -0.4 is 4.74 Å². The van der Waals surface area contributed by atoms with Crippen LogP contribution in [0.25, 0.3) is 11.3 Å². The molecule has 2 fully saturated rings. The molecule has 0 radical (unpaired) electrons. The van der Waals surface area contributed by atoms with Crippen LogP contribution in [-0.4, -0.2) is 15.8 Å². The number of allylic oxidation sites excluding steroid dienone is 3. The summed E-state index contributed by atoms with van der Waals surface area (Å²) >= 11 is 0. The summed E-state index contributed by atoms with van der Waals surface area (Å²) < 4.78 is 13.3. The van der Waals surface area contributed by atoms with Gasteiger partial charge in [0.2, 0.25) is 0 Å². The lowest BCUT2D eigenvalue weighted by Crippen LogP contribution is -2.60. The molecule has 2 aliphatic carbocycles. The molecule has 4 aliphatic rings. The van der Waals surface area contributed by atoms with E-state index in [1.54, 1.807) is 18.2 Å². The average molecular weight is 445 g/mol. The first-order valence-corrected chi connectivity index (χ1v) is 12.0. The molecule has 0 amide bonds. The lowest BCUT2D eigenvalue weighted by molar-refractivity contribution is -0.135. The van der Waals surface area contributed by atoms with Crippen molar-refractivity contribution < 1.29 is 19.7 Å².